The molecule has 1 aliphatic rings. The van der Waals surface area contributed by atoms with Crippen molar-refractivity contribution in [3.05, 3.63) is 33.8 Å². The van der Waals surface area contributed by atoms with Crippen molar-refractivity contribution in [3.8, 4) is 0 Å². The van der Waals surface area contributed by atoms with Crippen molar-refractivity contribution in [3.63, 3.8) is 0 Å². The smallest absolute Gasteiger partial charge is 0.197 e. The summed E-state index contributed by atoms with van der Waals surface area (Å²) in [5.74, 6) is -1.46. The van der Waals surface area contributed by atoms with Crippen molar-refractivity contribution in [2.24, 2.45) is 0 Å². The number of benzene rings is 1. The molecule has 3 nitrogen and oxygen atoms in total. The Morgan fingerprint density at radius 2 is 1.85 bits per heavy atom. The first-order valence-electron chi connectivity index (χ1n) is 6.69. The van der Waals surface area contributed by atoms with Gasteiger partial charge in [-0.25, -0.2) is 0 Å². The van der Waals surface area contributed by atoms with E-state index in [1.165, 1.54) is 0 Å². The zero-order valence-corrected chi connectivity index (χ0v) is 13.7. The molecule has 2 atom stereocenters. The van der Waals surface area contributed by atoms with Gasteiger partial charge in [0.25, 0.3) is 0 Å². The van der Waals surface area contributed by atoms with Gasteiger partial charge in [-0.3, -0.25) is 0 Å². The van der Waals surface area contributed by atoms with Gasteiger partial charge in [-0.05, 0) is 31.5 Å². The summed E-state index contributed by atoms with van der Waals surface area (Å²) in [7, 11) is 1.63. The minimum Gasteiger partial charge on any atom is -0.351 e. The van der Waals surface area contributed by atoms with Crippen LogP contribution in [0.4, 0.5) is 0 Å². The van der Waals surface area contributed by atoms with Gasteiger partial charge >= 0.3 is 0 Å². The molecule has 0 amide bonds. The van der Waals surface area contributed by atoms with E-state index >= 15 is 0 Å². The summed E-state index contributed by atoms with van der Waals surface area (Å²) in [5, 5.41) is 1.26. The first-order chi connectivity index (χ1) is 9.33. The van der Waals surface area contributed by atoms with Gasteiger partial charge in [0.15, 0.2) is 11.6 Å². The number of hydrogen-bond acceptors (Lipinski definition) is 3. The van der Waals surface area contributed by atoms with Crippen LogP contribution in [0.15, 0.2) is 18.2 Å². The Balaban J connectivity index is 2.31. The Labute approximate surface area is 130 Å². The Hall–Kier alpha value is -0.320. The van der Waals surface area contributed by atoms with Gasteiger partial charge in [0.1, 0.15) is 6.10 Å². The maximum Gasteiger partial charge on any atom is 0.197 e. The molecule has 1 heterocycles. The van der Waals surface area contributed by atoms with Crippen LogP contribution in [0.3, 0.4) is 0 Å². The Morgan fingerprint density at radius 3 is 2.35 bits per heavy atom. The van der Waals surface area contributed by atoms with E-state index in [1.54, 1.807) is 7.11 Å². The summed E-state index contributed by atoms with van der Waals surface area (Å²) in [6.45, 7) is 5.77. The Morgan fingerprint density at radius 1 is 1.25 bits per heavy atom. The fraction of sp³-hybridized carbons (Fsp3) is 0.600. The molecule has 0 aromatic heterocycles. The third-order valence-corrected chi connectivity index (χ3v) is 4.33. The summed E-state index contributed by atoms with van der Waals surface area (Å²) in [6, 6.07) is 5.47. The van der Waals surface area contributed by atoms with Crippen LogP contribution >= 0.6 is 23.2 Å². The molecule has 20 heavy (non-hydrogen) atoms. The molecule has 2 unspecified atom stereocenters. The lowest BCUT2D eigenvalue weighted by Crippen LogP contribution is -2.42. The van der Waals surface area contributed by atoms with E-state index in [-0.39, 0.29) is 6.10 Å². The standard InChI is InChI=1S/C15H20Cl2O3/c1-5-15(18-4)13(19-14(2,3)20-15)9-10-11(16)7-6-8-12(10)17/h6-8,13H,5,9H2,1-4H3. The third kappa shape index (κ3) is 2.97. The number of ether oxygens (including phenoxy) is 3. The molecule has 0 N–H and O–H groups in total. The number of hydrogen-bond donors (Lipinski definition) is 0. The van der Waals surface area contributed by atoms with Crippen molar-refractivity contribution < 1.29 is 14.2 Å². The largest absolute Gasteiger partial charge is 0.351 e. The summed E-state index contributed by atoms with van der Waals surface area (Å²) >= 11 is 12.5. The molecule has 0 saturated carbocycles. The lowest BCUT2D eigenvalue weighted by atomic mass is 9.99. The van der Waals surface area contributed by atoms with Crippen LogP contribution in [0.2, 0.25) is 10.0 Å². The van der Waals surface area contributed by atoms with E-state index < -0.39 is 11.6 Å². The van der Waals surface area contributed by atoms with E-state index in [9.17, 15) is 0 Å². The molecule has 0 bridgehead atoms. The molecular formula is C15H20Cl2O3. The van der Waals surface area contributed by atoms with Gasteiger partial charge in [0.2, 0.25) is 0 Å². The minimum absolute atomic E-state index is 0.259. The molecule has 112 valence electrons. The number of rotatable bonds is 4. The summed E-state index contributed by atoms with van der Waals surface area (Å²) in [4.78, 5) is 0. The van der Waals surface area contributed by atoms with Crippen molar-refractivity contribution >= 4 is 23.2 Å². The van der Waals surface area contributed by atoms with Crippen LogP contribution in [0.25, 0.3) is 0 Å². The van der Waals surface area contributed by atoms with Gasteiger partial charge in [0.05, 0.1) is 0 Å². The Kier molecular flexibility index (Phi) is 4.67. The average Bonchev–Trinajstić information content (AvgIpc) is 2.65. The second kappa shape index (κ2) is 5.82. The molecule has 1 aromatic carbocycles. The van der Waals surface area contributed by atoms with Crippen LogP contribution in [-0.2, 0) is 20.6 Å². The molecular weight excluding hydrogens is 299 g/mol. The highest BCUT2D eigenvalue weighted by atomic mass is 35.5. The molecule has 0 spiro atoms. The second-order valence-corrected chi connectivity index (χ2v) is 6.20. The fourth-order valence-corrected chi connectivity index (χ4v) is 3.22. The average molecular weight is 319 g/mol. The van der Waals surface area contributed by atoms with Gasteiger partial charge in [0, 0.05) is 30.0 Å². The lowest BCUT2D eigenvalue weighted by Gasteiger charge is -2.30. The highest BCUT2D eigenvalue weighted by Gasteiger charge is 2.52. The molecule has 1 aromatic rings. The maximum atomic E-state index is 6.24. The van der Waals surface area contributed by atoms with Crippen LogP contribution in [0.1, 0.15) is 32.8 Å². The van der Waals surface area contributed by atoms with Crippen LogP contribution in [0.5, 0.6) is 0 Å². The summed E-state index contributed by atoms with van der Waals surface area (Å²) in [6.07, 6.45) is 0.966. The van der Waals surface area contributed by atoms with Gasteiger partial charge in [-0.15, -0.1) is 0 Å². The zero-order chi connectivity index (χ0) is 15.0. The van der Waals surface area contributed by atoms with E-state index in [2.05, 4.69) is 0 Å². The van der Waals surface area contributed by atoms with Crippen molar-refractivity contribution in [2.45, 2.75) is 51.3 Å². The topological polar surface area (TPSA) is 27.7 Å². The fourth-order valence-electron chi connectivity index (χ4n) is 2.67. The van der Waals surface area contributed by atoms with Gasteiger partial charge < -0.3 is 14.2 Å². The van der Waals surface area contributed by atoms with Gasteiger partial charge in [-0.2, -0.15) is 0 Å². The molecule has 1 aliphatic heterocycles. The van der Waals surface area contributed by atoms with Crippen LogP contribution < -0.4 is 0 Å². The first-order valence-corrected chi connectivity index (χ1v) is 7.45. The zero-order valence-electron chi connectivity index (χ0n) is 12.2. The highest BCUT2D eigenvalue weighted by molar-refractivity contribution is 6.36. The van der Waals surface area contributed by atoms with Crippen molar-refractivity contribution in [2.75, 3.05) is 7.11 Å². The van der Waals surface area contributed by atoms with Crippen LogP contribution in [-0.4, -0.2) is 24.8 Å². The SMILES string of the molecule is CCC1(OC)OC(C)(C)OC1Cc1c(Cl)cccc1Cl. The minimum atomic E-state index is -0.772. The van der Waals surface area contributed by atoms with Gasteiger partial charge in [-0.1, -0.05) is 36.2 Å². The summed E-state index contributed by atoms with van der Waals surface area (Å²) in [5.41, 5.74) is 0.858. The lowest BCUT2D eigenvalue weighted by molar-refractivity contribution is -0.246. The first kappa shape index (κ1) is 16.1. The molecule has 0 aliphatic carbocycles. The molecule has 1 saturated heterocycles. The predicted molar refractivity (Wildman–Crippen MR) is 80.2 cm³/mol. The monoisotopic (exact) mass is 318 g/mol. The number of halogens is 2. The van der Waals surface area contributed by atoms with Crippen molar-refractivity contribution in [1.82, 2.24) is 0 Å². The number of methoxy groups -OCH3 is 1. The molecule has 5 heteroatoms. The summed E-state index contributed by atoms with van der Waals surface area (Å²) < 4.78 is 17.6. The molecule has 2 rings (SSSR count). The van der Waals surface area contributed by atoms with E-state index in [1.807, 2.05) is 39.0 Å². The molecule has 0 radical (unpaired) electrons. The van der Waals surface area contributed by atoms with Crippen LogP contribution in [0, 0.1) is 0 Å². The maximum absolute atomic E-state index is 6.24. The molecule has 1 fully saturated rings. The van der Waals surface area contributed by atoms with E-state index in [4.69, 9.17) is 37.4 Å². The quantitative estimate of drug-likeness (QED) is 0.821. The third-order valence-electron chi connectivity index (χ3n) is 3.62. The van der Waals surface area contributed by atoms with E-state index in [0.717, 1.165) is 5.56 Å². The predicted octanol–water partition coefficient (Wildman–Crippen LogP) is 4.44. The normalized spacial score (nSPS) is 28.8. The van der Waals surface area contributed by atoms with Crippen molar-refractivity contribution in [1.29, 1.82) is 0 Å². The van der Waals surface area contributed by atoms with E-state index in [0.29, 0.717) is 22.9 Å². The highest BCUT2D eigenvalue weighted by Crippen LogP contribution is 2.42. The second-order valence-electron chi connectivity index (χ2n) is 5.38. The Bertz CT molecular complexity index is 464.